The highest BCUT2D eigenvalue weighted by Gasteiger charge is 2.23. The van der Waals surface area contributed by atoms with E-state index in [1.165, 1.54) is 70.1 Å². The largest absolute Gasteiger partial charge is 0.303 e. The fraction of sp³-hybridized carbons (Fsp3) is 0.750. The van der Waals surface area contributed by atoms with Gasteiger partial charge >= 0.3 is 0 Å². The molecule has 104 valence electrons. The molecule has 2 fully saturated rings. The van der Waals surface area contributed by atoms with E-state index in [0.717, 1.165) is 5.92 Å². The molecule has 3 nitrogen and oxygen atoms in total. The number of likely N-dealkylation sites (tertiary alicyclic amines) is 1. The van der Waals surface area contributed by atoms with Crippen molar-refractivity contribution in [2.75, 3.05) is 19.6 Å². The van der Waals surface area contributed by atoms with Crippen LogP contribution in [-0.2, 0) is 0 Å². The standard InChI is InChI=1S/C16H25N3/c1-2-4-14(5-3-1)13-19-10-7-15(8-11-19)16-6-9-17-18-12-16/h6,9,12,14-15H,1-5,7-8,10-11,13H2. The Morgan fingerprint density at radius 2 is 1.79 bits per heavy atom. The second-order valence-electron chi connectivity index (χ2n) is 6.25. The number of nitrogens with zero attached hydrogens (tertiary/aromatic N) is 3. The van der Waals surface area contributed by atoms with Crippen molar-refractivity contribution in [3.05, 3.63) is 24.0 Å². The second kappa shape index (κ2) is 6.47. The molecule has 1 saturated carbocycles. The topological polar surface area (TPSA) is 29.0 Å². The quantitative estimate of drug-likeness (QED) is 0.834. The normalized spacial score (nSPS) is 23.6. The van der Waals surface area contributed by atoms with Crippen LogP contribution in [0.3, 0.4) is 0 Å². The highest BCUT2D eigenvalue weighted by molar-refractivity contribution is 5.13. The predicted molar refractivity (Wildman–Crippen MR) is 77.0 cm³/mol. The molecule has 0 radical (unpaired) electrons. The minimum Gasteiger partial charge on any atom is -0.303 e. The van der Waals surface area contributed by atoms with Gasteiger partial charge in [0.1, 0.15) is 0 Å². The van der Waals surface area contributed by atoms with Crippen LogP contribution in [0.1, 0.15) is 56.4 Å². The third kappa shape index (κ3) is 3.53. The van der Waals surface area contributed by atoms with Gasteiger partial charge in [-0.25, -0.2) is 0 Å². The van der Waals surface area contributed by atoms with Crippen molar-refractivity contribution < 1.29 is 0 Å². The van der Waals surface area contributed by atoms with Gasteiger partial charge in [-0.3, -0.25) is 0 Å². The fourth-order valence-corrected chi connectivity index (χ4v) is 3.73. The minimum atomic E-state index is 0.707. The van der Waals surface area contributed by atoms with Gasteiger partial charge in [-0.2, -0.15) is 10.2 Å². The van der Waals surface area contributed by atoms with Gasteiger partial charge in [0.15, 0.2) is 0 Å². The van der Waals surface area contributed by atoms with Gasteiger partial charge in [0, 0.05) is 12.7 Å². The Morgan fingerprint density at radius 3 is 2.47 bits per heavy atom. The van der Waals surface area contributed by atoms with E-state index < -0.39 is 0 Å². The molecule has 0 amide bonds. The molecule has 1 aromatic rings. The molecule has 0 bridgehead atoms. The zero-order chi connectivity index (χ0) is 12.9. The van der Waals surface area contributed by atoms with Crippen molar-refractivity contribution in [3.63, 3.8) is 0 Å². The average molecular weight is 259 g/mol. The Kier molecular flexibility index (Phi) is 4.44. The van der Waals surface area contributed by atoms with Gasteiger partial charge in [0.2, 0.25) is 0 Å². The van der Waals surface area contributed by atoms with E-state index in [-0.39, 0.29) is 0 Å². The lowest BCUT2D eigenvalue weighted by Gasteiger charge is -2.35. The predicted octanol–water partition coefficient (Wildman–Crippen LogP) is 3.24. The minimum absolute atomic E-state index is 0.707. The monoisotopic (exact) mass is 259 g/mol. The van der Waals surface area contributed by atoms with Crippen LogP contribution in [0.4, 0.5) is 0 Å². The first-order valence-corrected chi connectivity index (χ1v) is 7.91. The maximum atomic E-state index is 4.01. The highest BCUT2D eigenvalue weighted by Crippen LogP contribution is 2.29. The van der Waals surface area contributed by atoms with Crippen LogP contribution in [-0.4, -0.2) is 34.7 Å². The van der Waals surface area contributed by atoms with E-state index in [1.54, 1.807) is 0 Å². The van der Waals surface area contributed by atoms with Crippen molar-refractivity contribution in [3.8, 4) is 0 Å². The molecular weight excluding hydrogens is 234 g/mol. The number of rotatable bonds is 3. The zero-order valence-corrected chi connectivity index (χ0v) is 11.8. The van der Waals surface area contributed by atoms with Crippen LogP contribution in [0.15, 0.2) is 18.5 Å². The Bertz CT molecular complexity index is 365. The molecule has 2 aliphatic rings. The summed E-state index contributed by atoms with van der Waals surface area (Å²) in [5, 5.41) is 7.88. The van der Waals surface area contributed by atoms with E-state index in [9.17, 15) is 0 Å². The first-order valence-electron chi connectivity index (χ1n) is 7.91. The summed E-state index contributed by atoms with van der Waals surface area (Å²) in [7, 11) is 0. The van der Waals surface area contributed by atoms with E-state index in [4.69, 9.17) is 0 Å². The molecule has 1 saturated heterocycles. The van der Waals surface area contributed by atoms with Crippen molar-refractivity contribution in [1.29, 1.82) is 0 Å². The smallest absolute Gasteiger partial charge is 0.0531 e. The molecule has 0 atom stereocenters. The Labute approximate surface area is 116 Å². The van der Waals surface area contributed by atoms with Crippen molar-refractivity contribution in [2.24, 2.45) is 5.92 Å². The van der Waals surface area contributed by atoms with Crippen molar-refractivity contribution in [2.45, 2.75) is 50.9 Å². The molecule has 1 aromatic heterocycles. The average Bonchev–Trinajstić information content (AvgIpc) is 2.50. The second-order valence-corrected chi connectivity index (χ2v) is 6.25. The Morgan fingerprint density at radius 1 is 1.00 bits per heavy atom. The van der Waals surface area contributed by atoms with Gasteiger partial charge < -0.3 is 4.90 Å². The van der Waals surface area contributed by atoms with Gasteiger partial charge in [0.05, 0.1) is 6.20 Å². The maximum Gasteiger partial charge on any atom is 0.0531 e. The molecule has 0 unspecified atom stereocenters. The molecule has 19 heavy (non-hydrogen) atoms. The summed E-state index contributed by atoms with van der Waals surface area (Å²) in [6, 6.07) is 2.13. The van der Waals surface area contributed by atoms with E-state index in [2.05, 4.69) is 21.2 Å². The van der Waals surface area contributed by atoms with Gasteiger partial charge in [-0.1, -0.05) is 19.3 Å². The first kappa shape index (κ1) is 13.0. The molecule has 2 heterocycles. The Hall–Kier alpha value is -0.960. The zero-order valence-electron chi connectivity index (χ0n) is 11.8. The molecule has 0 spiro atoms. The van der Waals surface area contributed by atoms with E-state index >= 15 is 0 Å². The number of aromatic nitrogens is 2. The Balaban J connectivity index is 1.46. The summed E-state index contributed by atoms with van der Waals surface area (Å²) in [6.45, 7) is 3.88. The van der Waals surface area contributed by atoms with Gasteiger partial charge in [0.25, 0.3) is 0 Å². The summed E-state index contributed by atoms with van der Waals surface area (Å²) in [5.74, 6) is 1.69. The number of hydrogen-bond donors (Lipinski definition) is 0. The molecule has 0 N–H and O–H groups in total. The lowest BCUT2D eigenvalue weighted by atomic mass is 9.87. The van der Waals surface area contributed by atoms with Crippen LogP contribution in [0.2, 0.25) is 0 Å². The van der Waals surface area contributed by atoms with Crippen LogP contribution in [0.25, 0.3) is 0 Å². The number of piperidine rings is 1. The van der Waals surface area contributed by atoms with E-state index in [0.29, 0.717) is 5.92 Å². The van der Waals surface area contributed by atoms with Crippen LogP contribution in [0, 0.1) is 5.92 Å². The molecule has 1 aliphatic carbocycles. The first-order chi connectivity index (χ1) is 9.42. The van der Waals surface area contributed by atoms with Crippen LogP contribution >= 0.6 is 0 Å². The maximum absolute atomic E-state index is 4.01. The molecule has 0 aromatic carbocycles. The van der Waals surface area contributed by atoms with Crippen molar-refractivity contribution >= 4 is 0 Å². The SMILES string of the molecule is c1cc(C2CCN(CC3CCCCC3)CC2)cnn1. The van der Waals surface area contributed by atoms with Crippen LogP contribution < -0.4 is 0 Å². The highest BCUT2D eigenvalue weighted by atomic mass is 15.1. The van der Waals surface area contributed by atoms with E-state index in [1.807, 2.05) is 12.4 Å². The summed E-state index contributed by atoms with van der Waals surface area (Å²) in [6.07, 6.45) is 13.7. The summed E-state index contributed by atoms with van der Waals surface area (Å²) < 4.78 is 0. The van der Waals surface area contributed by atoms with Gasteiger partial charge in [-0.05, 0) is 62.2 Å². The molecule has 3 heteroatoms. The van der Waals surface area contributed by atoms with Crippen molar-refractivity contribution in [1.82, 2.24) is 15.1 Å². The summed E-state index contributed by atoms with van der Waals surface area (Å²) in [5.41, 5.74) is 1.38. The molecule has 3 rings (SSSR count). The molecular formula is C16H25N3. The summed E-state index contributed by atoms with van der Waals surface area (Å²) >= 11 is 0. The molecule has 1 aliphatic heterocycles. The third-order valence-electron chi connectivity index (χ3n) is 4.91. The lowest BCUT2D eigenvalue weighted by Crippen LogP contribution is -2.37. The summed E-state index contributed by atoms with van der Waals surface area (Å²) in [4.78, 5) is 2.70. The third-order valence-corrected chi connectivity index (χ3v) is 4.91. The van der Waals surface area contributed by atoms with Crippen LogP contribution in [0.5, 0.6) is 0 Å². The fourth-order valence-electron chi connectivity index (χ4n) is 3.73. The lowest BCUT2D eigenvalue weighted by molar-refractivity contribution is 0.164. The van der Waals surface area contributed by atoms with Gasteiger partial charge in [-0.15, -0.1) is 0 Å². The number of hydrogen-bond acceptors (Lipinski definition) is 3.